The first-order valence-corrected chi connectivity index (χ1v) is 8.46. The van der Waals surface area contributed by atoms with Gasteiger partial charge in [0, 0.05) is 27.2 Å². The lowest BCUT2D eigenvalue weighted by molar-refractivity contribution is 0.356. The highest BCUT2D eigenvalue weighted by Gasteiger charge is 2.15. The number of aromatic amines is 1. The van der Waals surface area contributed by atoms with Crippen molar-refractivity contribution in [3.05, 3.63) is 46.7 Å². The molecule has 0 spiro atoms. The van der Waals surface area contributed by atoms with Gasteiger partial charge >= 0.3 is 0 Å². The van der Waals surface area contributed by atoms with E-state index >= 15 is 0 Å². The van der Waals surface area contributed by atoms with Crippen LogP contribution in [-0.2, 0) is 0 Å². The fraction of sp³-hybridized carbons (Fsp3) is 0.111. The minimum Gasteiger partial charge on any atom is -0.493 e. The Morgan fingerprint density at radius 3 is 2.31 bits per heavy atom. The number of nitrogens with one attached hydrogen (secondary N) is 2. The number of halogens is 2. The first-order chi connectivity index (χ1) is 12.6. The van der Waals surface area contributed by atoms with Gasteiger partial charge in [-0.05, 0) is 24.3 Å². The van der Waals surface area contributed by atoms with Gasteiger partial charge in [0.1, 0.15) is 17.4 Å². The molecule has 0 aliphatic heterocycles. The van der Waals surface area contributed by atoms with E-state index in [0.29, 0.717) is 27.4 Å². The Morgan fingerprint density at radius 1 is 0.923 bits per heavy atom. The number of benzene rings is 2. The molecule has 0 aliphatic carbocycles. The third kappa shape index (κ3) is 2.87. The molecule has 4 aromatic rings. The zero-order chi connectivity index (χ0) is 18.3. The highest BCUT2D eigenvalue weighted by Crippen LogP contribution is 2.37. The monoisotopic (exact) mass is 388 g/mol. The van der Waals surface area contributed by atoms with Crippen LogP contribution in [0, 0.1) is 0 Å². The van der Waals surface area contributed by atoms with Gasteiger partial charge < -0.3 is 19.8 Å². The van der Waals surface area contributed by atoms with Crippen molar-refractivity contribution in [3.63, 3.8) is 0 Å². The van der Waals surface area contributed by atoms with E-state index in [2.05, 4.69) is 20.3 Å². The second kappa shape index (κ2) is 6.55. The van der Waals surface area contributed by atoms with E-state index in [0.717, 1.165) is 27.6 Å². The lowest BCUT2D eigenvalue weighted by Gasteiger charge is -2.07. The summed E-state index contributed by atoms with van der Waals surface area (Å²) in [4.78, 5) is 12.1. The van der Waals surface area contributed by atoms with Crippen molar-refractivity contribution in [2.45, 2.75) is 0 Å². The van der Waals surface area contributed by atoms with Crippen molar-refractivity contribution in [2.75, 3.05) is 19.5 Å². The fourth-order valence-electron chi connectivity index (χ4n) is 2.88. The molecule has 2 heterocycles. The smallest absolute Gasteiger partial charge is 0.162 e. The number of fused-ring (bicyclic) bond motifs is 3. The quantitative estimate of drug-likeness (QED) is 0.503. The molecule has 8 heteroatoms. The van der Waals surface area contributed by atoms with Crippen molar-refractivity contribution in [2.24, 2.45) is 0 Å². The molecule has 0 unspecified atom stereocenters. The minimum absolute atomic E-state index is 0.538. The maximum Gasteiger partial charge on any atom is 0.162 e. The van der Waals surface area contributed by atoms with Crippen molar-refractivity contribution in [1.29, 1.82) is 0 Å². The van der Waals surface area contributed by atoms with E-state index in [1.807, 2.05) is 12.1 Å². The van der Waals surface area contributed by atoms with E-state index in [1.54, 1.807) is 32.4 Å². The van der Waals surface area contributed by atoms with Gasteiger partial charge in [0.15, 0.2) is 17.3 Å². The average Bonchev–Trinajstić information content (AvgIpc) is 2.98. The molecule has 2 N–H and O–H groups in total. The van der Waals surface area contributed by atoms with Crippen molar-refractivity contribution in [3.8, 4) is 11.5 Å². The molecule has 26 heavy (non-hydrogen) atoms. The molecule has 0 atom stereocenters. The number of ether oxygens (including phenoxy) is 2. The Morgan fingerprint density at radius 2 is 1.62 bits per heavy atom. The molecule has 0 aliphatic rings. The third-order valence-electron chi connectivity index (χ3n) is 4.01. The van der Waals surface area contributed by atoms with E-state index in [1.165, 1.54) is 6.33 Å². The summed E-state index contributed by atoms with van der Waals surface area (Å²) >= 11 is 12.1. The van der Waals surface area contributed by atoms with Crippen LogP contribution in [0.3, 0.4) is 0 Å². The Hall–Kier alpha value is -2.70. The van der Waals surface area contributed by atoms with E-state index in [4.69, 9.17) is 32.7 Å². The average molecular weight is 389 g/mol. The molecule has 2 aromatic heterocycles. The Bertz CT molecular complexity index is 1110. The van der Waals surface area contributed by atoms with Crippen LogP contribution in [-0.4, -0.2) is 29.2 Å². The topological polar surface area (TPSA) is 72.1 Å². The number of hydrogen-bond acceptors (Lipinski definition) is 5. The molecule has 0 fully saturated rings. The largest absolute Gasteiger partial charge is 0.493 e. The Kier molecular flexibility index (Phi) is 4.22. The number of methoxy groups -OCH3 is 2. The minimum atomic E-state index is 0.538. The normalized spacial score (nSPS) is 11.1. The summed E-state index contributed by atoms with van der Waals surface area (Å²) < 4.78 is 10.8. The highest BCUT2D eigenvalue weighted by molar-refractivity contribution is 6.35. The summed E-state index contributed by atoms with van der Waals surface area (Å²) in [5, 5.41) is 5.22. The van der Waals surface area contributed by atoms with Crippen molar-refractivity contribution in [1.82, 2.24) is 15.0 Å². The van der Waals surface area contributed by atoms with Crippen LogP contribution in [0.25, 0.3) is 21.9 Å². The Labute approximate surface area is 159 Å². The van der Waals surface area contributed by atoms with Crippen molar-refractivity contribution < 1.29 is 9.47 Å². The maximum absolute atomic E-state index is 6.07. The molecule has 0 saturated carbocycles. The first kappa shape index (κ1) is 16.8. The fourth-order valence-corrected chi connectivity index (χ4v) is 3.40. The Balaban J connectivity index is 1.88. The predicted molar refractivity (Wildman–Crippen MR) is 104 cm³/mol. The molecular weight excluding hydrogens is 375 g/mol. The van der Waals surface area contributed by atoms with Gasteiger partial charge in [0.05, 0.1) is 19.7 Å². The molecule has 0 saturated heterocycles. The van der Waals surface area contributed by atoms with E-state index < -0.39 is 0 Å². The van der Waals surface area contributed by atoms with Crippen LogP contribution in [0.4, 0.5) is 11.5 Å². The summed E-state index contributed by atoms with van der Waals surface area (Å²) in [7, 11) is 3.20. The molecule has 2 aromatic carbocycles. The number of anilines is 2. The highest BCUT2D eigenvalue weighted by atomic mass is 35.5. The predicted octanol–water partition coefficient (Wildman–Crippen LogP) is 5.18. The van der Waals surface area contributed by atoms with Gasteiger partial charge in [-0.2, -0.15) is 0 Å². The molecule has 0 radical (unpaired) electrons. The zero-order valence-electron chi connectivity index (χ0n) is 13.9. The van der Waals surface area contributed by atoms with Gasteiger partial charge in [0.2, 0.25) is 0 Å². The van der Waals surface area contributed by atoms with Crippen LogP contribution < -0.4 is 14.8 Å². The summed E-state index contributed by atoms with van der Waals surface area (Å²) in [6.07, 6.45) is 1.50. The third-order valence-corrected chi connectivity index (χ3v) is 4.45. The second-order valence-corrected chi connectivity index (χ2v) is 6.48. The second-order valence-electron chi connectivity index (χ2n) is 5.61. The number of H-pyrrole nitrogens is 1. The molecule has 132 valence electrons. The summed E-state index contributed by atoms with van der Waals surface area (Å²) in [6.45, 7) is 0. The SMILES string of the molecule is COc1cc2[nH]c3c(Nc4cc(Cl)cc(Cl)c4)ncnc3c2cc1OC. The van der Waals surface area contributed by atoms with Crippen LogP contribution in [0.2, 0.25) is 10.0 Å². The molecule has 0 amide bonds. The number of aromatic nitrogens is 3. The first-order valence-electron chi connectivity index (χ1n) is 7.70. The van der Waals surface area contributed by atoms with Gasteiger partial charge in [-0.25, -0.2) is 9.97 Å². The van der Waals surface area contributed by atoms with Crippen LogP contribution in [0.5, 0.6) is 11.5 Å². The maximum atomic E-state index is 6.07. The molecular formula is C18H14Cl2N4O2. The molecule has 0 bridgehead atoms. The number of nitrogens with zero attached hydrogens (tertiary/aromatic N) is 2. The molecule has 4 rings (SSSR count). The van der Waals surface area contributed by atoms with Crippen molar-refractivity contribution >= 4 is 56.6 Å². The van der Waals surface area contributed by atoms with Gasteiger partial charge in [-0.1, -0.05) is 23.2 Å². The van der Waals surface area contributed by atoms with Crippen LogP contribution in [0.15, 0.2) is 36.7 Å². The van der Waals surface area contributed by atoms with E-state index in [-0.39, 0.29) is 0 Å². The van der Waals surface area contributed by atoms with E-state index in [9.17, 15) is 0 Å². The van der Waals surface area contributed by atoms with Crippen LogP contribution in [0.1, 0.15) is 0 Å². The van der Waals surface area contributed by atoms with Crippen LogP contribution >= 0.6 is 23.2 Å². The lowest BCUT2D eigenvalue weighted by atomic mass is 10.2. The number of hydrogen-bond donors (Lipinski definition) is 2. The summed E-state index contributed by atoms with van der Waals surface area (Å²) in [6, 6.07) is 8.98. The lowest BCUT2D eigenvalue weighted by Crippen LogP contribution is -1.95. The van der Waals surface area contributed by atoms with Gasteiger partial charge in [-0.15, -0.1) is 0 Å². The zero-order valence-corrected chi connectivity index (χ0v) is 15.4. The number of rotatable bonds is 4. The van der Waals surface area contributed by atoms with Gasteiger partial charge in [-0.3, -0.25) is 0 Å². The summed E-state index contributed by atoms with van der Waals surface area (Å²) in [5.41, 5.74) is 3.13. The summed E-state index contributed by atoms with van der Waals surface area (Å²) in [5.74, 6) is 1.88. The standard InChI is InChI=1S/C18H14Cl2N4O2/c1-25-14-6-12-13(7-15(14)26-2)24-17-16(12)21-8-22-18(17)23-11-4-9(19)3-10(20)5-11/h3-8,24H,1-2H3,(H,21,22,23). The molecule has 6 nitrogen and oxygen atoms in total. The van der Waals surface area contributed by atoms with Gasteiger partial charge in [0.25, 0.3) is 0 Å².